The average molecular weight is 149 g/mol. The number of hydrogen-bond donors (Lipinski definition) is 0. The molecule has 4 aliphatic rings. The van der Waals surface area contributed by atoms with Crippen molar-refractivity contribution in [2.75, 3.05) is 0 Å². The standard InChI is InChI=1S/C11H16/c1-2-9-5-10-3-8(1)4-11(6-9)7-10/h1-2,8-11H,3-7H2/t8?,9?,10-,11+/i1+1. The summed E-state index contributed by atoms with van der Waals surface area (Å²) in [6, 6.07) is 0. The van der Waals surface area contributed by atoms with E-state index < -0.39 is 0 Å². The monoisotopic (exact) mass is 149 g/mol. The van der Waals surface area contributed by atoms with E-state index in [1.165, 1.54) is 25.7 Å². The molecule has 11 heavy (non-hydrogen) atoms. The Labute approximate surface area is 68.7 Å². The van der Waals surface area contributed by atoms with Crippen LogP contribution in [0, 0.1) is 23.7 Å². The Kier molecular flexibility index (Phi) is 1.21. The molecule has 60 valence electrons. The Morgan fingerprint density at radius 3 is 1.55 bits per heavy atom. The van der Waals surface area contributed by atoms with Crippen LogP contribution in [0.1, 0.15) is 32.1 Å². The molecule has 0 saturated heterocycles. The second kappa shape index (κ2) is 2.12. The Morgan fingerprint density at radius 1 is 0.636 bits per heavy atom. The molecule has 0 aliphatic heterocycles. The van der Waals surface area contributed by atoms with Crippen molar-refractivity contribution >= 4 is 0 Å². The molecule has 0 N–H and O–H groups in total. The van der Waals surface area contributed by atoms with E-state index >= 15 is 0 Å². The zero-order valence-corrected chi connectivity index (χ0v) is 7.00. The second-order valence-corrected chi connectivity index (χ2v) is 4.82. The van der Waals surface area contributed by atoms with Gasteiger partial charge in [-0.1, -0.05) is 12.2 Å². The molecular formula is C11H16. The molecule has 4 atom stereocenters. The maximum atomic E-state index is 2.52. The van der Waals surface area contributed by atoms with Crippen molar-refractivity contribution in [3.8, 4) is 0 Å². The Hall–Kier alpha value is -0.260. The highest BCUT2D eigenvalue weighted by atomic mass is 14.5. The summed E-state index contributed by atoms with van der Waals surface area (Å²) in [4.78, 5) is 0. The van der Waals surface area contributed by atoms with Gasteiger partial charge in [-0.3, -0.25) is 0 Å². The first-order valence-corrected chi connectivity index (χ1v) is 5.08. The minimum atomic E-state index is 0.978. The van der Waals surface area contributed by atoms with Crippen LogP contribution in [0.5, 0.6) is 0 Å². The molecule has 0 aromatic rings. The minimum absolute atomic E-state index is 0.978. The van der Waals surface area contributed by atoms with E-state index in [-0.39, 0.29) is 0 Å². The van der Waals surface area contributed by atoms with Gasteiger partial charge >= 0.3 is 0 Å². The third-order valence-corrected chi connectivity index (χ3v) is 3.87. The van der Waals surface area contributed by atoms with Gasteiger partial charge in [0.1, 0.15) is 0 Å². The van der Waals surface area contributed by atoms with Gasteiger partial charge in [0, 0.05) is 0 Å². The molecule has 0 nitrogen and oxygen atoms in total. The van der Waals surface area contributed by atoms with E-state index in [0.29, 0.717) is 0 Å². The molecule has 0 heteroatoms. The topological polar surface area (TPSA) is 0 Å². The summed E-state index contributed by atoms with van der Waals surface area (Å²) in [7, 11) is 0. The van der Waals surface area contributed by atoms with E-state index in [1.807, 2.05) is 0 Å². The SMILES string of the molecule is C1=[13CH]C2C[C@H]3CC1C[C@@H](C2)C3. The van der Waals surface area contributed by atoms with Crippen LogP contribution in [-0.4, -0.2) is 0 Å². The van der Waals surface area contributed by atoms with Crippen molar-refractivity contribution in [1.29, 1.82) is 0 Å². The van der Waals surface area contributed by atoms with Crippen LogP contribution < -0.4 is 0 Å². The highest BCUT2D eigenvalue weighted by Crippen LogP contribution is 2.48. The van der Waals surface area contributed by atoms with Gasteiger partial charge < -0.3 is 0 Å². The first kappa shape index (κ1) is 6.28. The van der Waals surface area contributed by atoms with Crippen LogP contribution in [0.3, 0.4) is 0 Å². The molecule has 2 saturated carbocycles. The molecule has 2 fully saturated rings. The fourth-order valence-electron chi connectivity index (χ4n) is 3.58. The maximum absolute atomic E-state index is 2.52. The predicted octanol–water partition coefficient (Wildman–Crippen LogP) is 3.00. The van der Waals surface area contributed by atoms with Gasteiger partial charge in [0.2, 0.25) is 0 Å². The van der Waals surface area contributed by atoms with Crippen molar-refractivity contribution in [1.82, 2.24) is 0 Å². The molecule has 4 bridgehead atoms. The van der Waals surface area contributed by atoms with Gasteiger partial charge in [0.25, 0.3) is 0 Å². The molecule has 4 rings (SSSR count). The Balaban J connectivity index is 1.96. The molecule has 0 heterocycles. The molecule has 0 aromatic carbocycles. The highest BCUT2D eigenvalue weighted by Gasteiger charge is 2.36. The average Bonchev–Trinajstić information content (AvgIpc) is 2.18. The first-order valence-electron chi connectivity index (χ1n) is 5.08. The fraction of sp³-hybridized carbons (Fsp3) is 0.818. The molecule has 2 unspecified atom stereocenters. The van der Waals surface area contributed by atoms with Crippen LogP contribution >= 0.6 is 0 Å². The number of allylic oxidation sites excluding steroid dienone is 2. The lowest BCUT2D eigenvalue weighted by atomic mass is 9.68. The van der Waals surface area contributed by atoms with Crippen LogP contribution in [-0.2, 0) is 0 Å². The van der Waals surface area contributed by atoms with Gasteiger partial charge in [-0.25, -0.2) is 0 Å². The first-order chi connectivity index (χ1) is 5.40. The van der Waals surface area contributed by atoms with Crippen LogP contribution in [0.25, 0.3) is 0 Å². The lowest BCUT2D eigenvalue weighted by molar-refractivity contribution is 0.143. The summed E-state index contributed by atoms with van der Waals surface area (Å²) < 4.78 is 0. The summed E-state index contributed by atoms with van der Waals surface area (Å²) in [5.41, 5.74) is 0. The van der Waals surface area contributed by atoms with Crippen molar-refractivity contribution in [3.05, 3.63) is 12.2 Å². The van der Waals surface area contributed by atoms with Gasteiger partial charge in [0.15, 0.2) is 0 Å². The number of rotatable bonds is 0. The predicted molar refractivity (Wildman–Crippen MR) is 46.2 cm³/mol. The molecule has 0 amide bonds. The van der Waals surface area contributed by atoms with Gasteiger partial charge in [-0.05, 0) is 55.8 Å². The zero-order chi connectivity index (χ0) is 7.26. The highest BCUT2D eigenvalue weighted by molar-refractivity contribution is 5.05. The second-order valence-electron chi connectivity index (χ2n) is 4.82. The van der Waals surface area contributed by atoms with Crippen LogP contribution in [0.15, 0.2) is 12.2 Å². The van der Waals surface area contributed by atoms with Gasteiger partial charge in [-0.15, -0.1) is 0 Å². The maximum Gasteiger partial charge on any atom is -0.0228 e. The zero-order valence-electron chi connectivity index (χ0n) is 7.00. The lowest BCUT2D eigenvalue weighted by Gasteiger charge is -2.38. The Bertz CT molecular complexity index is 160. The third kappa shape index (κ3) is 0.953. The van der Waals surface area contributed by atoms with E-state index in [2.05, 4.69) is 12.2 Å². The van der Waals surface area contributed by atoms with Crippen molar-refractivity contribution in [3.63, 3.8) is 0 Å². The normalized spacial score (nSPS) is 53.1. The third-order valence-electron chi connectivity index (χ3n) is 3.87. The molecular weight excluding hydrogens is 133 g/mol. The van der Waals surface area contributed by atoms with Crippen molar-refractivity contribution in [2.24, 2.45) is 23.7 Å². The smallest absolute Gasteiger partial charge is 0.0228 e. The summed E-state index contributed by atoms with van der Waals surface area (Å²) in [5, 5.41) is 0. The van der Waals surface area contributed by atoms with Gasteiger partial charge in [-0.2, -0.15) is 0 Å². The largest absolute Gasteiger partial charge is 0.0851 e. The fourth-order valence-corrected chi connectivity index (χ4v) is 3.58. The summed E-state index contributed by atoms with van der Waals surface area (Å²) in [5.74, 6) is 4.16. The van der Waals surface area contributed by atoms with E-state index in [0.717, 1.165) is 23.7 Å². The van der Waals surface area contributed by atoms with E-state index in [9.17, 15) is 0 Å². The summed E-state index contributed by atoms with van der Waals surface area (Å²) >= 11 is 0. The van der Waals surface area contributed by atoms with E-state index in [1.54, 1.807) is 6.42 Å². The van der Waals surface area contributed by atoms with Crippen molar-refractivity contribution < 1.29 is 0 Å². The molecule has 4 aliphatic carbocycles. The van der Waals surface area contributed by atoms with Crippen molar-refractivity contribution in [2.45, 2.75) is 32.1 Å². The van der Waals surface area contributed by atoms with Crippen LogP contribution in [0.2, 0.25) is 0 Å². The molecule has 0 radical (unpaired) electrons. The summed E-state index contributed by atoms with van der Waals surface area (Å²) in [6.45, 7) is 0. The number of hydrogen-bond acceptors (Lipinski definition) is 0. The lowest BCUT2D eigenvalue weighted by Crippen LogP contribution is -2.27. The molecule has 0 spiro atoms. The molecule has 0 aromatic heterocycles. The quantitative estimate of drug-likeness (QED) is 0.367. The summed E-state index contributed by atoms with van der Waals surface area (Å²) in [6.07, 6.45) is 12.7. The van der Waals surface area contributed by atoms with E-state index in [4.69, 9.17) is 0 Å². The van der Waals surface area contributed by atoms with Crippen LogP contribution in [0.4, 0.5) is 0 Å². The van der Waals surface area contributed by atoms with Gasteiger partial charge in [0.05, 0.1) is 0 Å². The Morgan fingerprint density at radius 2 is 1.09 bits per heavy atom. The minimum Gasteiger partial charge on any atom is -0.0851 e.